The van der Waals surface area contributed by atoms with Crippen LogP contribution in [0.3, 0.4) is 0 Å². The van der Waals surface area contributed by atoms with E-state index >= 15 is 0 Å². The number of carbonyl (C=O) groups excluding carboxylic acids is 2. The molecule has 25 heavy (non-hydrogen) atoms. The summed E-state index contributed by atoms with van der Waals surface area (Å²) in [5.41, 5.74) is 9.07. The van der Waals surface area contributed by atoms with Crippen molar-refractivity contribution in [2.24, 2.45) is 5.11 Å². The Balaban J connectivity index is 2.24. The zero-order valence-electron chi connectivity index (χ0n) is 14.1. The molecule has 0 spiro atoms. The van der Waals surface area contributed by atoms with Crippen LogP contribution in [-0.2, 0) is 23.8 Å². The molecule has 1 aromatic carbocycles. The lowest BCUT2D eigenvalue weighted by Crippen LogP contribution is -2.40. The van der Waals surface area contributed by atoms with Crippen LogP contribution in [-0.4, -0.2) is 42.2 Å². The third kappa shape index (κ3) is 5.38. The Labute approximate surface area is 149 Å². The van der Waals surface area contributed by atoms with Gasteiger partial charge in [0.05, 0.1) is 6.54 Å². The average molecular weight is 365 g/mol. The van der Waals surface area contributed by atoms with E-state index in [0.717, 1.165) is 10.5 Å². The average Bonchev–Trinajstić information content (AvgIpc) is 2.84. The highest BCUT2D eigenvalue weighted by atomic mass is 32.2. The van der Waals surface area contributed by atoms with Gasteiger partial charge in [-0.1, -0.05) is 34.6 Å². The summed E-state index contributed by atoms with van der Waals surface area (Å²) in [4.78, 5) is 26.5. The molecule has 0 bridgehead atoms. The van der Waals surface area contributed by atoms with Gasteiger partial charge in [0, 0.05) is 23.7 Å². The molecule has 134 valence electrons. The van der Waals surface area contributed by atoms with Crippen molar-refractivity contribution in [1.82, 2.24) is 0 Å². The van der Waals surface area contributed by atoms with Gasteiger partial charge in [0.1, 0.15) is 11.5 Å². The fourth-order valence-electron chi connectivity index (χ4n) is 2.45. The van der Waals surface area contributed by atoms with Gasteiger partial charge in [-0.15, -0.1) is 0 Å². The smallest absolute Gasteiger partial charge is 0.303 e. The van der Waals surface area contributed by atoms with Crippen molar-refractivity contribution >= 4 is 23.7 Å². The van der Waals surface area contributed by atoms with E-state index in [1.807, 2.05) is 31.2 Å². The molecule has 9 heteroatoms. The first-order chi connectivity index (χ1) is 11.9. The van der Waals surface area contributed by atoms with Crippen LogP contribution in [0.2, 0.25) is 0 Å². The number of thioether (sulfide) groups is 1. The number of aryl methyl sites for hydroxylation is 1. The number of esters is 2. The van der Waals surface area contributed by atoms with Gasteiger partial charge in [-0.3, -0.25) is 9.59 Å². The maximum atomic E-state index is 11.5. The number of ether oxygens (including phenoxy) is 3. The third-order valence-electron chi connectivity index (χ3n) is 3.47. The topological polar surface area (TPSA) is 111 Å². The Hall–Kier alpha value is -2.22. The van der Waals surface area contributed by atoms with Crippen molar-refractivity contribution in [2.75, 3.05) is 6.54 Å². The molecular weight excluding hydrogens is 346 g/mol. The highest BCUT2D eigenvalue weighted by molar-refractivity contribution is 7.99. The molecule has 0 aromatic heterocycles. The first kappa shape index (κ1) is 19.1. The lowest BCUT2D eigenvalue weighted by Gasteiger charge is -2.22. The zero-order chi connectivity index (χ0) is 18.4. The van der Waals surface area contributed by atoms with Gasteiger partial charge < -0.3 is 14.2 Å². The van der Waals surface area contributed by atoms with E-state index < -0.39 is 35.7 Å². The molecule has 1 aliphatic rings. The lowest BCUT2D eigenvalue weighted by atomic mass is 10.1. The van der Waals surface area contributed by atoms with E-state index in [1.54, 1.807) is 0 Å². The molecule has 4 atom stereocenters. The molecule has 1 aromatic rings. The van der Waals surface area contributed by atoms with Gasteiger partial charge in [0.25, 0.3) is 0 Å². The minimum absolute atomic E-state index is 0.0306. The maximum absolute atomic E-state index is 11.5. The van der Waals surface area contributed by atoms with Gasteiger partial charge in [0.2, 0.25) is 0 Å². The third-order valence-corrected chi connectivity index (χ3v) is 4.63. The number of hydrogen-bond acceptors (Lipinski definition) is 7. The summed E-state index contributed by atoms with van der Waals surface area (Å²) in [6, 6.07) is 7.77. The zero-order valence-corrected chi connectivity index (χ0v) is 14.9. The fourth-order valence-corrected chi connectivity index (χ4v) is 3.56. The summed E-state index contributed by atoms with van der Waals surface area (Å²) in [6.07, 6.45) is -2.33. The number of azide groups is 1. The summed E-state index contributed by atoms with van der Waals surface area (Å²) in [5, 5.41) is 3.49. The molecular formula is C16H19N3O5S. The molecule has 1 saturated heterocycles. The molecule has 2 rings (SSSR count). The van der Waals surface area contributed by atoms with Crippen LogP contribution in [0.4, 0.5) is 0 Å². The minimum atomic E-state index is -0.838. The largest absolute Gasteiger partial charge is 0.456 e. The van der Waals surface area contributed by atoms with Crippen LogP contribution in [0.15, 0.2) is 34.3 Å². The predicted octanol–water partition coefficient (Wildman–Crippen LogP) is 2.99. The van der Waals surface area contributed by atoms with Gasteiger partial charge >= 0.3 is 11.9 Å². The van der Waals surface area contributed by atoms with Crippen LogP contribution in [0.25, 0.3) is 10.4 Å². The molecule has 1 fully saturated rings. The second-order valence-corrected chi connectivity index (χ2v) is 6.71. The molecule has 0 amide bonds. The molecule has 8 nitrogen and oxygen atoms in total. The van der Waals surface area contributed by atoms with Crippen LogP contribution in [0, 0.1) is 6.92 Å². The van der Waals surface area contributed by atoms with E-state index in [1.165, 1.54) is 25.6 Å². The Bertz CT molecular complexity index is 675. The second kappa shape index (κ2) is 8.75. The minimum Gasteiger partial charge on any atom is -0.456 e. The highest BCUT2D eigenvalue weighted by Gasteiger charge is 2.49. The fraction of sp³-hybridized carbons (Fsp3) is 0.500. The number of benzene rings is 1. The van der Waals surface area contributed by atoms with Crippen molar-refractivity contribution in [1.29, 1.82) is 0 Å². The highest BCUT2D eigenvalue weighted by Crippen LogP contribution is 2.37. The number of rotatable bonds is 6. The van der Waals surface area contributed by atoms with E-state index in [0.29, 0.717) is 0 Å². The lowest BCUT2D eigenvalue weighted by molar-refractivity contribution is -0.162. The molecule has 0 saturated carbocycles. The van der Waals surface area contributed by atoms with Crippen molar-refractivity contribution in [2.45, 2.75) is 49.4 Å². The Morgan fingerprint density at radius 1 is 1.20 bits per heavy atom. The Kier molecular flexibility index (Phi) is 6.69. The number of carbonyl (C=O) groups is 2. The molecule has 1 aliphatic heterocycles. The Morgan fingerprint density at radius 2 is 1.80 bits per heavy atom. The maximum Gasteiger partial charge on any atom is 0.303 e. The van der Waals surface area contributed by atoms with E-state index in [2.05, 4.69) is 10.0 Å². The first-order valence-electron chi connectivity index (χ1n) is 7.64. The van der Waals surface area contributed by atoms with Gasteiger partial charge in [-0.05, 0) is 24.6 Å². The van der Waals surface area contributed by atoms with Crippen molar-refractivity contribution in [3.8, 4) is 0 Å². The second-order valence-electron chi connectivity index (χ2n) is 5.54. The quantitative estimate of drug-likeness (QED) is 0.332. The Morgan fingerprint density at radius 3 is 2.36 bits per heavy atom. The summed E-state index contributed by atoms with van der Waals surface area (Å²) < 4.78 is 16.5. The van der Waals surface area contributed by atoms with E-state index in [9.17, 15) is 9.59 Å². The summed E-state index contributed by atoms with van der Waals surface area (Å²) in [7, 11) is 0. The molecule has 1 heterocycles. The van der Waals surface area contributed by atoms with E-state index in [-0.39, 0.29) is 6.54 Å². The van der Waals surface area contributed by atoms with Gasteiger partial charge in [-0.2, -0.15) is 0 Å². The van der Waals surface area contributed by atoms with Crippen LogP contribution >= 0.6 is 11.8 Å². The summed E-state index contributed by atoms with van der Waals surface area (Å²) >= 11 is 1.35. The molecule has 0 unspecified atom stereocenters. The van der Waals surface area contributed by atoms with Crippen LogP contribution < -0.4 is 0 Å². The molecule has 0 N–H and O–H groups in total. The van der Waals surface area contributed by atoms with E-state index in [4.69, 9.17) is 19.7 Å². The van der Waals surface area contributed by atoms with Crippen molar-refractivity contribution in [3.05, 3.63) is 40.3 Å². The predicted molar refractivity (Wildman–Crippen MR) is 90.8 cm³/mol. The summed E-state index contributed by atoms with van der Waals surface area (Å²) in [5.74, 6) is -1.04. The van der Waals surface area contributed by atoms with Crippen molar-refractivity contribution < 1.29 is 23.8 Å². The SMILES string of the molecule is CC(=O)O[C@H]1[C@H](OC(C)=O)[C@@H](CN=[N+]=[N-])O[C@@H]1Sc1ccc(C)cc1. The normalized spacial score (nSPS) is 25.1. The standard InChI is InChI=1S/C16H19N3O5S/c1-9-4-6-12(7-5-9)25-16-15(23-11(3)21)14(22-10(2)20)13(24-16)8-18-19-17/h4-7,13-16H,8H2,1-3H3/t13-,14-,15+,16-/m1/s1. The number of hydrogen-bond donors (Lipinski definition) is 0. The van der Waals surface area contributed by atoms with Gasteiger partial charge in [-0.25, -0.2) is 0 Å². The van der Waals surface area contributed by atoms with Crippen LogP contribution in [0.5, 0.6) is 0 Å². The van der Waals surface area contributed by atoms with Crippen LogP contribution in [0.1, 0.15) is 19.4 Å². The number of nitrogens with zero attached hydrogens (tertiary/aromatic N) is 3. The summed E-state index contributed by atoms with van der Waals surface area (Å²) in [6.45, 7) is 4.49. The molecule has 0 radical (unpaired) electrons. The van der Waals surface area contributed by atoms with Gasteiger partial charge in [0.15, 0.2) is 12.2 Å². The molecule has 0 aliphatic carbocycles. The van der Waals surface area contributed by atoms with Crippen molar-refractivity contribution in [3.63, 3.8) is 0 Å². The monoisotopic (exact) mass is 365 g/mol. The first-order valence-corrected chi connectivity index (χ1v) is 8.52.